The number of amides is 1. The molecular formula is C19H17N3O6S. The highest BCUT2D eigenvalue weighted by atomic mass is 32.1. The molecule has 1 aromatic carbocycles. The zero-order chi connectivity index (χ0) is 20.7. The number of hydrogen-bond acceptors (Lipinski definition) is 7. The summed E-state index contributed by atoms with van der Waals surface area (Å²) in [4.78, 5) is 41.9. The van der Waals surface area contributed by atoms with Crippen LogP contribution in [0.15, 0.2) is 28.4 Å². The number of nitrogens with one attached hydrogen (secondary N) is 1. The third-order valence-corrected chi connectivity index (χ3v) is 5.30. The highest BCUT2D eigenvalue weighted by Crippen LogP contribution is 2.34. The number of aromatic carboxylic acids is 1. The van der Waals surface area contributed by atoms with E-state index in [0.29, 0.717) is 27.8 Å². The quantitative estimate of drug-likeness (QED) is 0.657. The third-order valence-electron chi connectivity index (χ3n) is 4.43. The van der Waals surface area contributed by atoms with E-state index in [1.54, 1.807) is 18.2 Å². The van der Waals surface area contributed by atoms with Gasteiger partial charge in [-0.2, -0.15) is 0 Å². The largest absolute Gasteiger partial charge is 0.478 e. The number of ether oxygens (including phenoxy) is 2. The first-order chi connectivity index (χ1) is 13.8. The maximum Gasteiger partial charge on any atom is 0.337 e. The fraction of sp³-hybridized carbons (Fsp3) is 0.263. The number of thiophene rings is 1. The van der Waals surface area contributed by atoms with Crippen LogP contribution in [0.2, 0.25) is 0 Å². The van der Waals surface area contributed by atoms with E-state index in [9.17, 15) is 19.5 Å². The average Bonchev–Trinajstić information content (AvgIpc) is 3.29. The van der Waals surface area contributed by atoms with Gasteiger partial charge >= 0.3 is 5.97 Å². The van der Waals surface area contributed by atoms with Gasteiger partial charge in [-0.1, -0.05) is 13.8 Å². The molecule has 3 aromatic rings. The molecule has 0 aliphatic carbocycles. The Kier molecular flexibility index (Phi) is 4.71. The number of benzene rings is 1. The summed E-state index contributed by atoms with van der Waals surface area (Å²) in [6.07, 6.45) is 0. The summed E-state index contributed by atoms with van der Waals surface area (Å²) in [5.41, 5.74) is -0.157. The first-order valence-corrected chi connectivity index (χ1v) is 9.68. The van der Waals surface area contributed by atoms with Crippen LogP contribution in [0.4, 0.5) is 5.69 Å². The SMILES string of the molecule is CC(C)c1nc2scc(C(=O)O)c2c(=O)n1CC(=O)Nc1ccc2c(c1)OCO2. The number of fused-ring (bicyclic) bond motifs is 2. The van der Waals surface area contributed by atoms with E-state index in [2.05, 4.69) is 10.3 Å². The summed E-state index contributed by atoms with van der Waals surface area (Å²) in [6.45, 7) is 3.54. The number of aromatic nitrogens is 2. The van der Waals surface area contributed by atoms with Gasteiger partial charge in [0.15, 0.2) is 11.5 Å². The molecule has 0 saturated heterocycles. The molecule has 0 radical (unpaired) electrons. The number of carboxylic acids is 1. The summed E-state index contributed by atoms with van der Waals surface area (Å²) in [5.74, 6) is -0.252. The van der Waals surface area contributed by atoms with E-state index in [-0.39, 0.29) is 30.2 Å². The molecule has 0 spiro atoms. The van der Waals surface area contributed by atoms with Crippen molar-refractivity contribution in [1.29, 1.82) is 0 Å². The Bertz CT molecular complexity index is 1200. The highest BCUT2D eigenvalue weighted by molar-refractivity contribution is 7.17. The minimum absolute atomic E-state index is 0.0165. The van der Waals surface area contributed by atoms with E-state index in [4.69, 9.17) is 9.47 Å². The van der Waals surface area contributed by atoms with Crippen molar-refractivity contribution in [3.05, 3.63) is 45.3 Å². The lowest BCUT2D eigenvalue weighted by molar-refractivity contribution is -0.116. The average molecular weight is 415 g/mol. The molecular weight excluding hydrogens is 398 g/mol. The van der Waals surface area contributed by atoms with Crippen LogP contribution in [-0.4, -0.2) is 33.3 Å². The molecule has 0 bridgehead atoms. The smallest absolute Gasteiger partial charge is 0.337 e. The van der Waals surface area contributed by atoms with Crippen molar-refractivity contribution >= 4 is 39.1 Å². The van der Waals surface area contributed by atoms with Gasteiger partial charge in [0.1, 0.15) is 17.2 Å². The van der Waals surface area contributed by atoms with Crippen LogP contribution in [0.1, 0.15) is 35.9 Å². The predicted molar refractivity (Wildman–Crippen MR) is 106 cm³/mol. The maximum atomic E-state index is 13.0. The number of carbonyl (C=O) groups is 2. The van der Waals surface area contributed by atoms with Gasteiger partial charge in [-0.25, -0.2) is 9.78 Å². The van der Waals surface area contributed by atoms with Crippen molar-refractivity contribution in [2.75, 3.05) is 12.1 Å². The molecule has 4 rings (SSSR count). The molecule has 1 amide bonds. The summed E-state index contributed by atoms with van der Waals surface area (Å²) in [7, 11) is 0. The van der Waals surface area contributed by atoms with Crippen molar-refractivity contribution in [3.63, 3.8) is 0 Å². The molecule has 1 aliphatic rings. The van der Waals surface area contributed by atoms with Gasteiger partial charge in [0, 0.05) is 23.1 Å². The van der Waals surface area contributed by atoms with Gasteiger partial charge in [-0.3, -0.25) is 14.2 Å². The Hall–Kier alpha value is -3.40. The number of hydrogen-bond donors (Lipinski definition) is 2. The Morgan fingerprint density at radius 2 is 2.07 bits per heavy atom. The normalized spacial score (nSPS) is 12.5. The van der Waals surface area contributed by atoms with Crippen molar-refractivity contribution < 1.29 is 24.2 Å². The lowest BCUT2D eigenvalue weighted by Gasteiger charge is -2.15. The standard InChI is InChI=1S/C19H17N3O6S/c1-9(2)16-21-17-15(11(7-29-17)19(25)26)18(24)22(16)6-14(23)20-10-3-4-12-13(5-10)28-8-27-12/h3-5,7,9H,6,8H2,1-2H3,(H,20,23)(H,25,26). The number of carbonyl (C=O) groups excluding carboxylic acids is 1. The molecule has 2 aromatic heterocycles. The fourth-order valence-corrected chi connectivity index (χ4v) is 4.02. The summed E-state index contributed by atoms with van der Waals surface area (Å²) < 4.78 is 11.8. The second-order valence-electron chi connectivity index (χ2n) is 6.77. The molecule has 2 N–H and O–H groups in total. The third kappa shape index (κ3) is 3.42. The van der Waals surface area contributed by atoms with Gasteiger partial charge in [0.05, 0.1) is 10.9 Å². The van der Waals surface area contributed by atoms with Crippen LogP contribution in [-0.2, 0) is 11.3 Å². The van der Waals surface area contributed by atoms with E-state index in [1.807, 2.05) is 13.8 Å². The monoisotopic (exact) mass is 415 g/mol. The number of rotatable bonds is 5. The van der Waals surface area contributed by atoms with Crippen LogP contribution in [0.25, 0.3) is 10.2 Å². The van der Waals surface area contributed by atoms with Crippen molar-refractivity contribution in [2.24, 2.45) is 0 Å². The molecule has 0 saturated carbocycles. The van der Waals surface area contributed by atoms with Crippen molar-refractivity contribution in [1.82, 2.24) is 9.55 Å². The topological polar surface area (TPSA) is 120 Å². The van der Waals surface area contributed by atoms with Gasteiger partial charge < -0.3 is 19.9 Å². The Labute approximate surface area is 168 Å². The fourth-order valence-electron chi connectivity index (χ4n) is 3.11. The van der Waals surface area contributed by atoms with E-state index >= 15 is 0 Å². The van der Waals surface area contributed by atoms with Gasteiger partial charge in [0.2, 0.25) is 12.7 Å². The Morgan fingerprint density at radius 1 is 1.31 bits per heavy atom. The van der Waals surface area contributed by atoms with E-state index < -0.39 is 17.4 Å². The zero-order valence-corrected chi connectivity index (χ0v) is 16.4. The highest BCUT2D eigenvalue weighted by Gasteiger charge is 2.22. The lowest BCUT2D eigenvalue weighted by Crippen LogP contribution is -2.32. The van der Waals surface area contributed by atoms with Crippen molar-refractivity contribution in [3.8, 4) is 11.5 Å². The predicted octanol–water partition coefficient (Wildman–Crippen LogP) is 2.65. The van der Waals surface area contributed by atoms with Crippen LogP contribution in [0, 0.1) is 0 Å². The second-order valence-corrected chi connectivity index (χ2v) is 7.63. The first-order valence-electron chi connectivity index (χ1n) is 8.80. The van der Waals surface area contributed by atoms with E-state index in [1.165, 1.54) is 9.95 Å². The molecule has 0 fully saturated rings. The van der Waals surface area contributed by atoms with Gasteiger partial charge in [0.25, 0.3) is 5.56 Å². The molecule has 1 aliphatic heterocycles. The molecule has 150 valence electrons. The van der Waals surface area contributed by atoms with Crippen LogP contribution < -0.4 is 20.3 Å². The molecule has 10 heteroatoms. The molecule has 0 unspecified atom stereocenters. The Morgan fingerprint density at radius 3 is 2.79 bits per heavy atom. The summed E-state index contributed by atoms with van der Waals surface area (Å²) >= 11 is 1.10. The van der Waals surface area contributed by atoms with Crippen LogP contribution in [0.5, 0.6) is 11.5 Å². The lowest BCUT2D eigenvalue weighted by atomic mass is 10.2. The van der Waals surface area contributed by atoms with Crippen molar-refractivity contribution in [2.45, 2.75) is 26.3 Å². The van der Waals surface area contributed by atoms with Crippen LogP contribution >= 0.6 is 11.3 Å². The summed E-state index contributed by atoms with van der Waals surface area (Å²) in [6, 6.07) is 4.98. The number of anilines is 1. The molecule has 3 heterocycles. The Balaban J connectivity index is 1.68. The van der Waals surface area contributed by atoms with Gasteiger partial charge in [-0.05, 0) is 12.1 Å². The van der Waals surface area contributed by atoms with E-state index in [0.717, 1.165) is 11.3 Å². The second kappa shape index (κ2) is 7.21. The zero-order valence-electron chi connectivity index (χ0n) is 15.6. The van der Waals surface area contributed by atoms with Gasteiger partial charge in [-0.15, -0.1) is 11.3 Å². The minimum Gasteiger partial charge on any atom is -0.478 e. The summed E-state index contributed by atoms with van der Waals surface area (Å²) in [5, 5.41) is 13.5. The number of nitrogens with zero attached hydrogens (tertiary/aromatic N) is 2. The first kappa shape index (κ1) is 18.9. The maximum absolute atomic E-state index is 13.0. The molecule has 29 heavy (non-hydrogen) atoms. The molecule has 0 atom stereocenters. The molecule has 9 nitrogen and oxygen atoms in total. The van der Waals surface area contributed by atoms with Crippen LogP contribution in [0.3, 0.4) is 0 Å². The minimum atomic E-state index is -1.20. The number of carboxylic acid groups (broad SMARTS) is 1.